The van der Waals surface area contributed by atoms with Crippen LogP contribution in [0.4, 0.5) is 0 Å². The molecule has 0 saturated carbocycles. The Morgan fingerprint density at radius 2 is 2.00 bits per heavy atom. The van der Waals surface area contributed by atoms with Crippen molar-refractivity contribution >= 4 is 22.8 Å². The zero-order valence-electron chi connectivity index (χ0n) is 11.2. The highest BCUT2D eigenvalue weighted by atomic mass is 16.5. The number of fused-ring (bicyclic) bond motifs is 1. The average Bonchev–Trinajstić information content (AvgIpc) is 2.63. The summed E-state index contributed by atoms with van der Waals surface area (Å²) >= 11 is 0. The molecule has 1 heterocycles. The van der Waals surface area contributed by atoms with Crippen LogP contribution in [0.3, 0.4) is 0 Å². The van der Waals surface area contributed by atoms with Gasteiger partial charge in [-0.25, -0.2) is 4.79 Å². The summed E-state index contributed by atoms with van der Waals surface area (Å²) in [5.74, 6) is -0.570. The van der Waals surface area contributed by atoms with Gasteiger partial charge in [0.2, 0.25) is 5.91 Å². The lowest BCUT2D eigenvalue weighted by Crippen LogP contribution is -2.21. The topological polar surface area (TPSA) is 60.3 Å². The van der Waals surface area contributed by atoms with Crippen molar-refractivity contribution in [3.05, 3.63) is 35.5 Å². The lowest BCUT2D eigenvalue weighted by Gasteiger charge is -2.08. The van der Waals surface area contributed by atoms with Crippen molar-refractivity contribution in [2.45, 2.75) is 20.8 Å². The summed E-state index contributed by atoms with van der Waals surface area (Å²) in [7, 11) is 0. The summed E-state index contributed by atoms with van der Waals surface area (Å²) in [5.41, 5.74) is 4.63. The molecule has 0 fully saturated rings. The molecular weight excluding hydrogens is 244 g/mol. The minimum Gasteiger partial charge on any atom is -0.462 e. The number of rotatable bonds is 3. The van der Waals surface area contributed by atoms with Gasteiger partial charge in [-0.3, -0.25) is 14.9 Å². The Kier molecular flexibility index (Phi) is 3.55. The second-order valence-corrected chi connectivity index (χ2v) is 4.20. The molecule has 0 spiro atoms. The van der Waals surface area contributed by atoms with Crippen LogP contribution in [0.25, 0.3) is 10.9 Å². The monoisotopic (exact) mass is 260 g/mol. The molecule has 5 nitrogen and oxygen atoms in total. The lowest BCUT2D eigenvalue weighted by molar-refractivity contribution is -0.115. The predicted molar refractivity (Wildman–Crippen MR) is 72.7 cm³/mol. The second kappa shape index (κ2) is 5.14. The van der Waals surface area contributed by atoms with Crippen molar-refractivity contribution < 1.29 is 14.3 Å². The summed E-state index contributed by atoms with van der Waals surface area (Å²) in [6.07, 6.45) is 0. The maximum Gasteiger partial charge on any atom is 0.340 e. The Bertz CT molecular complexity index is 643. The van der Waals surface area contributed by atoms with Gasteiger partial charge in [0.05, 0.1) is 23.4 Å². The number of benzene rings is 1. The highest BCUT2D eigenvalue weighted by Gasteiger charge is 2.21. The van der Waals surface area contributed by atoms with E-state index in [9.17, 15) is 9.59 Å². The Morgan fingerprint density at radius 3 is 2.63 bits per heavy atom. The van der Waals surface area contributed by atoms with Gasteiger partial charge in [0.1, 0.15) is 0 Å². The lowest BCUT2D eigenvalue weighted by atomic mass is 10.1. The minimum absolute atomic E-state index is 0.195. The smallest absolute Gasteiger partial charge is 0.340 e. The standard InChI is InChI=1S/C14H16N2O3/c1-4-19-14(18)13-9(2)16(15-10(3)17)12-8-6-5-7-11(12)13/h5-8H,4H2,1-3H3,(H,15,17). The second-order valence-electron chi connectivity index (χ2n) is 4.20. The largest absolute Gasteiger partial charge is 0.462 e. The molecule has 1 amide bonds. The van der Waals surface area contributed by atoms with Gasteiger partial charge in [0.25, 0.3) is 0 Å². The summed E-state index contributed by atoms with van der Waals surface area (Å²) in [4.78, 5) is 23.3. The van der Waals surface area contributed by atoms with Crippen molar-refractivity contribution in [3.8, 4) is 0 Å². The van der Waals surface area contributed by atoms with E-state index in [0.29, 0.717) is 17.9 Å². The highest BCUT2D eigenvalue weighted by molar-refractivity contribution is 6.06. The van der Waals surface area contributed by atoms with Crippen LogP contribution in [0.5, 0.6) is 0 Å². The third-order valence-electron chi connectivity index (χ3n) is 2.86. The summed E-state index contributed by atoms with van der Waals surface area (Å²) in [6, 6.07) is 7.39. The molecule has 0 unspecified atom stereocenters. The summed E-state index contributed by atoms with van der Waals surface area (Å²) < 4.78 is 6.69. The fraction of sp³-hybridized carbons (Fsp3) is 0.286. The van der Waals surface area contributed by atoms with E-state index in [0.717, 1.165) is 10.9 Å². The van der Waals surface area contributed by atoms with Crippen LogP contribution in [0, 0.1) is 6.92 Å². The summed E-state index contributed by atoms with van der Waals surface area (Å²) in [6.45, 7) is 5.29. The quantitative estimate of drug-likeness (QED) is 0.861. The Morgan fingerprint density at radius 1 is 1.32 bits per heavy atom. The maximum absolute atomic E-state index is 12.0. The van der Waals surface area contributed by atoms with Crippen LogP contribution in [-0.2, 0) is 9.53 Å². The number of esters is 1. The van der Waals surface area contributed by atoms with Gasteiger partial charge in [-0.2, -0.15) is 0 Å². The SMILES string of the molecule is CCOC(=O)c1c(C)n(NC(C)=O)c2ccccc12. The van der Waals surface area contributed by atoms with Crippen molar-refractivity contribution in [3.63, 3.8) is 0 Å². The Labute approximate surface area is 111 Å². The van der Waals surface area contributed by atoms with E-state index in [1.807, 2.05) is 24.3 Å². The normalized spacial score (nSPS) is 10.5. The molecule has 100 valence electrons. The maximum atomic E-state index is 12.0. The van der Waals surface area contributed by atoms with E-state index >= 15 is 0 Å². The van der Waals surface area contributed by atoms with E-state index in [1.165, 1.54) is 6.92 Å². The molecule has 5 heteroatoms. The fourth-order valence-corrected chi connectivity index (χ4v) is 2.13. The number of para-hydroxylation sites is 1. The van der Waals surface area contributed by atoms with Gasteiger partial charge in [0.15, 0.2) is 0 Å². The fourth-order valence-electron chi connectivity index (χ4n) is 2.13. The van der Waals surface area contributed by atoms with Gasteiger partial charge in [-0.1, -0.05) is 18.2 Å². The molecule has 1 aromatic heterocycles. The number of hydrogen-bond donors (Lipinski definition) is 1. The van der Waals surface area contributed by atoms with Crippen LogP contribution >= 0.6 is 0 Å². The van der Waals surface area contributed by atoms with Crippen LogP contribution in [0.1, 0.15) is 29.9 Å². The van der Waals surface area contributed by atoms with Gasteiger partial charge < -0.3 is 4.74 Å². The highest BCUT2D eigenvalue weighted by Crippen LogP contribution is 2.25. The number of carbonyl (C=O) groups is 2. The van der Waals surface area contributed by atoms with Crippen molar-refractivity contribution in [1.29, 1.82) is 0 Å². The molecule has 1 N–H and O–H groups in total. The van der Waals surface area contributed by atoms with Gasteiger partial charge in [-0.15, -0.1) is 0 Å². The number of ether oxygens (including phenoxy) is 1. The molecule has 0 radical (unpaired) electrons. The Balaban J connectivity index is 2.66. The third kappa shape index (κ3) is 2.31. The average molecular weight is 260 g/mol. The minimum atomic E-state index is -0.375. The molecule has 0 saturated heterocycles. The van der Waals surface area contributed by atoms with Crippen LogP contribution in [-0.4, -0.2) is 23.2 Å². The Hall–Kier alpha value is -2.30. The van der Waals surface area contributed by atoms with E-state index < -0.39 is 0 Å². The van der Waals surface area contributed by atoms with Gasteiger partial charge >= 0.3 is 5.97 Å². The zero-order valence-corrected chi connectivity index (χ0v) is 11.2. The number of nitrogens with zero attached hydrogens (tertiary/aromatic N) is 1. The van der Waals surface area contributed by atoms with E-state index in [4.69, 9.17) is 4.74 Å². The first-order valence-corrected chi connectivity index (χ1v) is 6.11. The number of hydrogen-bond acceptors (Lipinski definition) is 3. The molecule has 19 heavy (non-hydrogen) atoms. The van der Waals surface area contributed by atoms with E-state index in [1.54, 1.807) is 18.5 Å². The number of amides is 1. The van der Waals surface area contributed by atoms with Gasteiger partial charge in [0, 0.05) is 12.3 Å². The number of aromatic nitrogens is 1. The zero-order chi connectivity index (χ0) is 14.0. The molecule has 2 aromatic rings. The molecule has 1 aromatic carbocycles. The van der Waals surface area contributed by atoms with Crippen molar-refractivity contribution in [1.82, 2.24) is 4.68 Å². The van der Waals surface area contributed by atoms with Crippen LogP contribution in [0.2, 0.25) is 0 Å². The number of carbonyl (C=O) groups excluding carboxylic acids is 2. The molecule has 0 bridgehead atoms. The first kappa shape index (κ1) is 13.1. The van der Waals surface area contributed by atoms with Gasteiger partial charge in [-0.05, 0) is 19.9 Å². The van der Waals surface area contributed by atoms with Crippen molar-refractivity contribution in [2.24, 2.45) is 0 Å². The number of nitrogens with one attached hydrogen (secondary N) is 1. The molecular formula is C14H16N2O3. The van der Waals surface area contributed by atoms with E-state index in [-0.39, 0.29) is 11.9 Å². The van der Waals surface area contributed by atoms with Crippen molar-refractivity contribution in [2.75, 3.05) is 12.0 Å². The summed E-state index contributed by atoms with van der Waals surface area (Å²) in [5, 5.41) is 0.771. The molecule has 0 aliphatic heterocycles. The molecule has 0 aliphatic rings. The van der Waals surface area contributed by atoms with E-state index in [2.05, 4.69) is 5.43 Å². The first-order valence-electron chi connectivity index (χ1n) is 6.11. The third-order valence-corrected chi connectivity index (χ3v) is 2.86. The van der Waals surface area contributed by atoms with Crippen LogP contribution in [0.15, 0.2) is 24.3 Å². The first-order chi connectivity index (χ1) is 9.06. The molecule has 0 atom stereocenters. The molecule has 2 rings (SSSR count). The molecule has 0 aliphatic carbocycles. The predicted octanol–water partition coefficient (Wildman–Crippen LogP) is 2.22. The van der Waals surface area contributed by atoms with Crippen LogP contribution < -0.4 is 5.43 Å².